The van der Waals surface area contributed by atoms with Gasteiger partial charge in [0.1, 0.15) is 5.75 Å². The second-order valence-electron chi connectivity index (χ2n) is 6.46. The van der Waals surface area contributed by atoms with Crippen LogP contribution in [0.2, 0.25) is 5.02 Å². The van der Waals surface area contributed by atoms with Gasteiger partial charge in [-0.3, -0.25) is 14.6 Å². The zero-order valence-electron chi connectivity index (χ0n) is 15.0. The maximum absolute atomic E-state index is 12.2. The molecule has 26 heavy (non-hydrogen) atoms. The molecule has 0 bridgehead atoms. The van der Waals surface area contributed by atoms with Crippen molar-refractivity contribution in [3.63, 3.8) is 0 Å². The van der Waals surface area contributed by atoms with Gasteiger partial charge in [-0.2, -0.15) is 0 Å². The molecule has 0 radical (unpaired) electrons. The van der Waals surface area contributed by atoms with E-state index in [2.05, 4.69) is 21.2 Å². The summed E-state index contributed by atoms with van der Waals surface area (Å²) in [4.78, 5) is 16.8. The zero-order valence-corrected chi connectivity index (χ0v) is 15.7. The maximum Gasteiger partial charge on any atom is 0.238 e. The summed E-state index contributed by atoms with van der Waals surface area (Å²) < 4.78 is 5.12. The number of carbonyl (C=O) groups excluding carboxylic acids is 1. The van der Waals surface area contributed by atoms with Gasteiger partial charge < -0.3 is 10.1 Å². The molecule has 3 rings (SSSR count). The monoisotopic (exact) mass is 373 g/mol. The Morgan fingerprint density at radius 2 is 1.77 bits per heavy atom. The highest BCUT2D eigenvalue weighted by Crippen LogP contribution is 2.16. The summed E-state index contributed by atoms with van der Waals surface area (Å²) in [5.74, 6) is 0.789. The molecule has 138 valence electrons. The first-order chi connectivity index (χ1) is 12.6. The van der Waals surface area contributed by atoms with Crippen LogP contribution in [0.3, 0.4) is 0 Å². The Labute approximate surface area is 159 Å². The number of amides is 1. The third-order valence-electron chi connectivity index (χ3n) is 4.50. The molecule has 0 spiro atoms. The maximum atomic E-state index is 12.2. The van der Waals surface area contributed by atoms with Crippen LogP contribution in [0.1, 0.15) is 5.56 Å². The minimum Gasteiger partial charge on any atom is -0.497 e. The molecule has 1 aliphatic heterocycles. The molecule has 1 fully saturated rings. The minimum atomic E-state index is 0.0125. The smallest absolute Gasteiger partial charge is 0.238 e. The summed E-state index contributed by atoms with van der Waals surface area (Å²) in [5, 5.41) is 3.71. The van der Waals surface area contributed by atoms with Crippen LogP contribution in [0.15, 0.2) is 48.5 Å². The van der Waals surface area contributed by atoms with Crippen LogP contribution < -0.4 is 10.1 Å². The number of piperazine rings is 1. The number of carbonyl (C=O) groups is 1. The van der Waals surface area contributed by atoms with Crippen molar-refractivity contribution >= 4 is 23.2 Å². The number of halogens is 1. The van der Waals surface area contributed by atoms with Crippen molar-refractivity contribution in [2.24, 2.45) is 0 Å². The van der Waals surface area contributed by atoms with Gasteiger partial charge in [-0.1, -0.05) is 23.7 Å². The lowest BCUT2D eigenvalue weighted by Gasteiger charge is -2.34. The van der Waals surface area contributed by atoms with Crippen molar-refractivity contribution in [3.05, 3.63) is 59.1 Å². The Morgan fingerprint density at radius 1 is 1.08 bits per heavy atom. The van der Waals surface area contributed by atoms with Crippen LogP contribution in [0.5, 0.6) is 5.75 Å². The normalized spacial score (nSPS) is 15.6. The van der Waals surface area contributed by atoms with Gasteiger partial charge in [-0.05, 0) is 42.0 Å². The van der Waals surface area contributed by atoms with E-state index < -0.39 is 0 Å². The first kappa shape index (κ1) is 18.7. The summed E-state index contributed by atoms with van der Waals surface area (Å²) in [6.45, 7) is 4.97. The molecule has 1 heterocycles. The molecule has 0 unspecified atom stereocenters. The third kappa shape index (κ3) is 5.46. The van der Waals surface area contributed by atoms with E-state index >= 15 is 0 Å². The molecule has 0 aliphatic carbocycles. The van der Waals surface area contributed by atoms with E-state index in [1.54, 1.807) is 7.11 Å². The lowest BCUT2D eigenvalue weighted by Crippen LogP contribution is -2.48. The van der Waals surface area contributed by atoms with E-state index in [9.17, 15) is 4.79 Å². The molecule has 0 saturated carbocycles. The van der Waals surface area contributed by atoms with E-state index in [0.717, 1.165) is 49.2 Å². The summed E-state index contributed by atoms with van der Waals surface area (Å²) in [5.41, 5.74) is 2.01. The van der Waals surface area contributed by atoms with Gasteiger partial charge >= 0.3 is 0 Å². The fraction of sp³-hybridized carbons (Fsp3) is 0.350. The van der Waals surface area contributed by atoms with E-state index in [1.807, 2.05) is 42.5 Å². The number of benzene rings is 2. The molecule has 1 N–H and O–H groups in total. The topological polar surface area (TPSA) is 44.8 Å². The second-order valence-corrected chi connectivity index (χ2v) is 6.90. The van der Waals surface area contributed by atoms with Crippen molar-refractivity contribution in [3.8, 4) is 5.75 Å². The number of nitrogens with zero attached hydrogens (tertiary/aromatic N) is 2. The molecule has 2 aromatic rings. The highest BCUT2D eigenvalue weighted by molar-refractivity contribution is 6.30. The Bertz CT molecular complexity index is 728. The van der Waals surface area contributed by atoms with Crippen molar-refractivity contribution in [2.75, 3.05) is 45.2 Å². The van der Waals surface area contributed by atoms with Gasteiger partial charge in [0, 0.05) is 43.4 Å². The highest BCUT2D eigenvalue weighted by Gasteiger charge is 2.19. The number of rotatable bonds is 6. The standard InChI is InChI=1S/C20H24ClN3O2/c1-26-19-7-5-18(6-8-19)22-20(25)15-24-11-9-23(10-12-24)14-16-3-2-4-17(21)13-16/h2-8,13H,9-12,14-15H2,1H3,(H,22,25). The number of hydrogen-bond donors (Lipinski definition) is 1. The van der Waals surface area contributed by atoms with Crippen LogP contribution in [0.25, 0.3) is 0 Å². The summed E-state index contributed by atoms with van der Waals surface area (Å²) >= 11 is 6.05. The Kier molecular flexibility index (Phi) is 6.50. The largest absolute Gasteiger partial charge is 0.497 e. The van der Waals surface area contributed by atoms with Crippen molar-refractivity contribution in [1.29, 1.82) is 0 Å². The highest BCUT2D eigenvalue weighted by atomic mass is 35.5. The Morgan fingerprint density at radius 3 is 2.42 bits per heavy atom. The SMILES string of the molecule is COc1ccc(NC(=O)CN2CCN(Cc3cccc(Cl)c3)CC2)cc1. The molecule has 1 aliphatic rings. The average Bonchev–Trinajstić information content (AvgIpc) is 2.64. The molecule has 1 saturated heterocycles. The van der Waals surface area contributed by atoms with Crippen molar-refractivity contribution in [1.82, 2.24) is 9.80 Å². The number of ether oxygens (including phenoxy) is 1. The first-order valence-electron chi connectivity index (χ1n) is 8.75. The van der Waals surface area contributed by atoms with Crippen LogP contribution in [0.4, 0.5) is 5.69 Å². The number of anilines is 1. The van der Waals surface area contributed by atoms with Crippen molar-refractivity contribution < 1.29 is 9.53 Å². The van der Waals surface area contributed by atoms with E-state index in [0.29, 0.717) is 6.54 Å². The molecule has 1 amide bonds. The fourth-order valence-corrected chi connectivity index (χ4v) is 3.29. The number of hydrogen-bond acceptors (Lipinski definition) is 4. The van der Waals surface area contributed by atoms with Crippen LogP contribution >= 0.6 is 11.6 Å². The molecule has 6 heteroatoms. The Hall–Kier alpha value is -2.08. The number of methoxy groups -OCH3 is 1. The van der Waals surface area contributed by atoms with E-state index in [-0.39, 0.29) is 5.91 Å². The third-order valence-corrected chi connectivity index (χ3v) is 4.74. The van der Waals surface area contributed by atoms with Crippen molar-refractivity contribution in [2.45, 2.75) is 6.54 Å². The molecular weight excluding hydrogens is 350 g/mol. The zero-order chi connectivity index (χ0) is 18.4. The van der Waals surface area contributed by atoms with Gasteiger partial charge in [0.25, 0.3) is 0 Å². The minimum absolute atomic E-state index is 0.0125. The molecular formula is C20H24ClN3O2. The van der Waals surface area contributed by atoms with Crippen LogP contribution in [-0.4, -0.2) is 55.5 Å². The predicted octanol–water partition coefficient (Wildman–Crippen LogP) is 3.10. The van der Waals surface area contributed by atoms with Gasteiger partial charge in [0.2, 0.25) is 5.91 Å². The number of nitrogens with one attached hydrogen (secondary N) is 1. The molecule has 2 aromatic carbocycles. The first-order valence-corrected chi connectivity index (χ1v) is 9.13. The lowest BCUT2D eigenvalue weighted by molar-refractivity contribution is -0.117. The van der Waals surface area contributed by atoms with Gasteiger partial charge in [0.05, 0.1) is 13.7 Å². The fourth-order valence-electron chi connectivity index (χ4n) is 3.08. The van der Waals surface area contributed by atoms with Gasteiger partial charge in [-0.15, -0.1) is 0 Å². The summed E-state index contributed by atoms with van der Waals surface area (Å²) in [6.07, 6.45) is 0. The predicted molar refractivity (Wildman–Crippen MR) is 105 cm³/mol. The van der Waals surface area contributed by atoms with Crippen LogP contribution in [0, 0.1) is 0 Å². The molecule has 5 nitrogen and oxygen atoms in total. The summed E-state index contributed by atoms with van der Waals surface area (Å²) in [6, 6.07) is 15.4. The summed E-state index contributed by atoms with van der Waals surface area (Å²) in [7, 11) is 1.62. The Balaban J connectivity index is 1.42. The van der Waals surface area contributed by atoms with Gasteiger partial charge in [0.15, 0.2) is 0 Å². The van der Waals surface area contributed by atoms with Crippen LogP contribution in [-0.2, 0) is 11.3 Å². The van der Waals surface area contributed by atoms with Gasteiger partial charge in [-0.25, -0.2) is 0 Å². The lowest BCUT2D eigenvalue weighted by atomic mass is 10.2. The molecule has 0 atom stereocenters. The quantitative estimate of drug-likeness (QED) is 0.845. The van der Waals surface area contributed by atoms with E-state index in [1.165, 1.54) is 5.56 Å². The second kappa shape index (κ2) is 9.03. The molecule has 0 aromatic heterocycles. The average molecular weight is 374 g/mol. The van der Waals surface area contributed by atoms with E-state index in [4.69, 9.17) is 16.3 Å².